The van der Waals surface area contributed by atoms with E-state index in [-0.39, 0.29) is 17.7 Å². The van der Waals surface area contributed by atoms with Gasteiger partial charge in [-0.05, 0) is 43.9 Å². The second kappa shape index (κ2) is 9.67. The fourth-order valence-electron chi connectivity index (χ4n) is 2.77. The number of nitrogens with one attached hydrogen (secondary N) is 2. The van der Waals surface area contributed by atoms with E-state index in [9.17, 15) is 13.2 Å². The maximum Gasteiger partial charge on any atom is 0.220 e. The lowest BCUT2D eigenvalue weighted by atomic mass is 10.1. The van der Waals surface area contributed by atoms with E-state index in [1.54, 1.807) is 19.9 Å². The molecule has 0 aliphatic heterocycles. The van der Waals surface area contributed by atoms with Crippen LogP contribution >= 0.6 is 0 Å². The summed E-state index contributed by atoms with van der Waals surface area (Å²) in [5.41, 5.74) is 3.84. The molecular formula is C21H28N2O3S. The molecule has 0 heterocycles. The lowest BCUT2D eigenvalue weighted by Crippen LogP contribution is -2.32. The first kappa shape index (κ1) is 21.1. The molecule has 0 fully saturated rings. The minimum Gasteiger partial charge on any atom is -0.352 e. The molecule has 0 aromatic heterocycles. The van der Waals surface area contributed by atoms with Crippen molar-refractivity contribution in [1.29, 1.82) is 0 Å². The van der Waals surface area contributed by atoms with Gasteiger partial charge in [-0.2, -0.15) is 0 Å². The van der Waals surface area contributed by atoms with E-state index in [0.717, 1.165) is 11.1 Å². The Morgan fingerprint density at radius 3 is 2.26 bits per heavy atom. The first-order valence-corrected chi connectivity index (χ1v) is 10.8. The highest BCUT2D eigenvalue weighted by Crippen LogP contribution is 2.13. The Morgan fingerprint density at radius 1 is 1.00 bits per heavy atom. The van der Waals surface area contributed by atoms with Gasteiger partial charge in [-0.1, -0.05) is 54.1 Å². The quantitative estimate of drug-likeness (QED) is 0.693. The van der Waals surface area contributed by atoms with Gasteiger partial charge in [0.15, 0.2) is 0 Å². The van der Waals surface area contributed by atoms with Crippen molar-refractivity contribution in [2.45, 2.75) is 52.0 Å². The average Bonchev–Trinajstić information content (AvgIpc) is 2.59. The monoisotopic (exact) mass is 388 g/mol. The van der Waals surface area contributed by atoms with Crippen molar-refractivity contribution < 1.29 is 13.2 Å². The summed E-state index contributed by atoms with van der Waals surface area (Å²) < 4.78 is 27.0. The first-order valence-electron chi connectivity index (χ1n) is 9.14. The molecule has 0 saturated heterocycles. The van der Waals surface area contributed by atoms with Crippen LogP contribution in [0.3, 0.4) is 0 Å². The Bertz CT molecular complexity index is 859. The summed E-state index contributed by atoms with van der Waals surface area (Å²) in [5, 5.41) is 2.89. The molecule has 146 valence electrons. The van der Waals surface area contributed by atoms with Crippen LogP contribution in [0.15, 0.2) is 48.5 Å². The van der Waals surface area contributed by atoms with Crippen molar-refractivity contribution in [3.8, 4) is 0 Å². The van der Waals surface area contributed by atoms with Crippen LogP contribution in [0.5, 0.6) is 0 Å². The maximum atomic E-state index is 12.2. The number of carbonyl (C=O) groups is 1. The molecular weight excluding hydrogens is 360 g/mol. The highest BCUT2D eigenvalue weighted by atomic mass is 32.2. The van der Waals surface area contributed by atoms with E-state index < -0.39 is 10.0 Å². The molecule has 2 aromatic rings. The molecule has 0 spiro atoms. The fraction of sp³-hybridized carbons (Fsp3) is 0.381. The normalized spacial score (nSPS) is 11.6. The summed E-state index contributed by atoms with van der Waals surface area (Å²) in [5.74, 6) is -0.144. The second-order valence-electron chi connectivity index (χ2n) is 7.06. The number of rotatable bonds is 9. The number of hydrogen-bond acceptors (Lipinski definition) is 3. The zero-order valence-corrected chi connectivity index (χ0v) is 17.0. The van der Waals surface area contributed by atoms with Gasteiger partial charge in [0.1, 0.15) is 0 Å². The zero-order valence-electron chi connectivity index (χ0n) is 16.2. The number of carbonyl (C=O) groups excluding carboxylic acids is 1. The average molecular weight is 389 g/mol. The van der Waals surface area contributed by atoms with Crippen molar-refractivity contribution >= 4 is 15.9 Å². The van der Waals surface area contributed by atoms with Crippen LogP contribution in [0.2, 0.25) is 0 Å². The van der Waals surface area contributed by atoms with Crippen molar-refractivity contribution in [1.82, 2.24) is 10.0 Å². The molecule has 0 atom stereocenters. The molecule has 27 heavy (non-hydrogen) atoms. The third-order valence-corrected chi connectivity index (χ3v) is 5.64. The number of hydrogen-bond donors (Lipinski definition) is 2. The lowest BCUT2D eigenvalue weighted by molar-refractivity contribution is -0.121. The maximum absolute atomic E-state index is 12.2. The summed E-state index contributed by atoms with van der Waals surface area (Å²) in [7, 11) is -3.41. The Balaban J connectivity index is 1.91. The Kier molecular flexibility index (Phi) is 7.56. The molecule has 5 nitrogen and oxygen atoms in total. The highest BCUT2D eigenvalue weighted by Gasteiger charge is 2.15. The molecule has 0 saturated carbocycles. The van der Waals surface area contributed by atoms with Gasteiger partial charge in [0.05, 0.1) is 5.75 Å². The van der Waals surface area contributed by atoms with Crippen molar-refractivity contribution in [2.75, 3.05) is 0 Å². The Hall–Kier alpha value is -2.18. The molecule has 1 amide bonds. The lowest BCUT2D eigenvalue weighted by Gasteiger charge is -2.13. The van der Waals surface area contributed by atoms with E-state index >= 15 is 0 Å². The van der Waals surface area contributed by atoms with Crippen LogP contribution in [0.1, 0.15) is 42.5 Å². The smallest absolute Gasteiger partial charge is 0.220 e. The van der Waals surface area contributed by atoms with Crippen LogP contribution < -0.4 is 10.0 Å². The van der Waals surface area contributed by atoms with Gasteiger partial charge in [0.2, 0.25) is 15.9 Å². The van der Waals surface area contributed by atoms with Crippen LogP contribution in [0.4, 0.5) is 0 Å². The molecule has 6 heteroatoms. The standard InChI is InChI=1S/C21H28N2O3S/c1-16(2)23-27(25,26)15-20-7-5-4-6-19(20)14-22-21(24)13-12-18-10-8-17(3)9-11-18/h4-11,16,23H,12-15H2,1-3H3,(H,22,24). The minimum absolute atomic E-state index is 0.0476. The number of benzene rings is 2. The molecule has 0 aliphatic carbocycles. The van der Waals surface area contributed by atoms with Crippen molar-refractivity contribution in [3.63, 3.8) is 0 Å². The Labute approximate surface area is 162 Å². The van der Waals surface area contributed by atoms with Gasteiger partial charge in [-0.25, -0.2) is 13.1 Å². The van der Waals surface area contributed by atoms with Gasteiger partial charge in [-0.3, -0.25) is 4.79 Å². The SMILES string of the molecule is Cc1ccc(CCC(=O)NCc2ccccc2CS(=O)(=O)NC(C)C)cc1. The van der Waals surface area contributed by atoms with Crippen molar-refractivity contribution in [3.05, 3.63) is 70.8 Å². The molecule has 0 aliphatic rings. The number of amides is 1. The largest absolute Gasteiger partial charge is 0.352 e. The van der Waals surface area contributed by atoms with Crippen LogP contribution in [-0.4, -0.2) is 20.4 Å². The molecule has 0 bridgehead atoms. The first-order chi connectivity index (χ1) is 12.7. The molecule has 0 unspecified atom stereocenters. The zero-order chi connectivity index (χ0) is 19.9. The topological polar surface area (TPSA) is 75.3 Å². The van der Waals surface area contributed by atoms with Gasteiger partial charge in [0.25, 0.3) is 0 Å². The summed E-state index contributed by atoms with van der Waals surface area (Å²) in [6.07, 6.45) is 1.08. The highest BCUT2D eigenvalue weighted by molar-refractivity contribution is 7.88. The summed E-state index contributed by atoms with van der Waals surface area (Å²) >= 11 is 0. The second-order valence-corrected chi connectivity index (χ2v) is 8.82. The molecule has 0 radical (unpaired) electrons. The summed E-state index contributed by atoms with van der Waals surface area (Å²) in [6, 6.07) is 15.3. The third kappa shape index (κ3) is 7.53. The van der Waals surface area contributed by atoms with E-state index in [1.165, 1.54) is 5.56 Å². The van der Waals surface area contributed by atoms with E-state index in [0.29, 0.717) is 24.9 Å². The minimum atomic E-state index is -3.41. The van der Waals surface area contributed by atoms with Gasteiger partial charge in [-0.15, -0.1) is 0 Å². The third-order valence-electron chi connectivity index (χ3n) is 4.12. The van der Waals surface area contributed by atoms with Crippen molar-refractivity contribution in [2.24, 2.45) is 0 Å². The van der Waals surface area contributed by atoms with Crippen LogP contribution in [-0.2, 0) is 33.5 Å². The van der Waals surface area contributed by atoms with Gasteiger partial charge < -0.3 is 5.32 Å². The Morgan fingerprint density at radius 2 is 1.63 bits per heavy atom. The van der Waals surface area contributed by atoms with Crippen LogP contribution in [0.25, 0.3) is 0 Å². The number of sulfonamides is 1. The summed E-state index contributed by atoms with van der Waals surface area (Å²) in [6.45, 7) is 5.93. The predicted molar refractivity (Wildman–Crippen MR) is 109 cm³/mol. The van der Waals surface area contributed by atoms with E-state index in [1.807, 2.05) is 49.4 Å². The fourth-order valence-corrected chi connectivity index (χ4v) is 4.26. The summed E-state index contributed by atoms with van der Waals surface area (Å²) in [4.78, 5) is 12.2. The van der Waals surface area contributed by atoms with Gasteiger partial charge in [0, 0.05) is 19.0 Å². The molecule has 2 N–H and O–H groups in total. The molecule has 2 aromatic carbocycles. The van der Waals surface area contributed by atoms with E-state index in [4.69, 9.17) is 0 Å². The van der Waals surface area contributed by atoms with Crippen LogP contribution in [0, 0.1) is 6.92 Å². The molecule has 2 rings (SSSR count). The predicted octanol–water partition coefficient (Wildman–Crippen LogP) is 3.07. The number of aryl methyl sites for hydroxylation is 2. The van der Waals surface area contributed by atoms with E-state index in [2.05, 4.69) is 10.0 Å². The van der Waals surface area contributed by atoms with Gasteiger partial charge >= 0.3 is 0 Å².